The summed E-state index contributed by atoms with van der Waals surface area (Å²) in [5.41, 5.74) is 1.18. The van der Waals surface area contributed by atoms with Crippen molar-refractivity contribution in [3.63, 3.8) is 0 Å². The number of alkyl halides is 4. The van der Waals surface area contributed by atoms with Gasteiger partial charge in [0.05, 0.1) is 29.3 Å². The first-order chi connectivity index (χ1) is 15.4. The molecule has 2 rings (SSSR count). The van der Waals surface area contributed by atoms with Gasteiger partial charge in [0, 0.05) is 13.6 Å². The monoisotopic (exact) mass is 513 g/mol. The first kappa shape index (κ1) is 26.8. The number of hydrogen-bond acceptors (Lipinski definition) is 3. The summed E-state index contributed by atoms with van der Waals surface area (Å²) in [5, 5.41) is 0.173. The van der Waals surface area contributed by atoms with E-state index in [0.29, 0.717) is 17.8 Å². The van der Waals surface area contributed by atoms with E-state index in [2.05, 4.69) is 9.73 Å². The van der Waals surface area contributed by atoms with Crippen LogP contribution in [0, 0.1) is 12.7 Å². The second kappa shape index (κ2) is 11.1. The predicted octanol–water partition coefficient (Wildman–Crippen LogP) is 5.78. The highest BCUT2D eigenvalue weighted by atomic mass is 35.5. The topological polar surface area (TPSA) is 65.4 Å². The van der Waals surface area contributed by atoms with Crippen molar-refractivity contribution in [2.75, 3.05) is 17.9 Å². The summed E-state index contributed by atoms with van der Waals surface area (Å²) in [4.78, 5) is 6.06. The van der Waals surface area contributed by atoms with Gasteiger partial charge in [0.15, 0.2) is 11.6 Å². The number of aliphatic imine (C=N–C) groups is 1. The van der Waals surface area contributed by atoms with Crippen LogP contribution in [-0.4, -0.2) is 46.1 Å². The molecule has 0 saturated heterocycles. The second-order valence-corrected chi connectivity index (χ2v) is 8.21. The fourth-order valence-electron chi connectivity index (χ4n) is 2.57. The molecule has 0 heterocycles. The van der Waals surface area contributed by atoms with Crippen LogP contribution in [0.25, 0.3) is 0 Å². The van der Waals surface area contributed by atoms with Crippen LogP contribution >= 0.6 is 11.6 Å². The average molecular weight is 514 g/mol. The third-order valence-electron chi connectivity index (χ3n) is 4.44. The van der Waals surface area contributed by atoms with Crippen molar-refractivity contribution in [3.05, 3.63) is 52.3 Å². The molecule has 33 heavy (non-hydrogen) atoms. The van der Waals surface area contributed by atoms with Crippen molar-refractivity contribution in [2.24, 2.45) is 4.99 Å². The van der Waals surface area contributed by atoms with Crippen LogP contribution in [0.4, 0.5) is 33.3 Å². The van der Waals surface area contributed by atoms with Crippen molar-refractivity contribution in [1.82, 2.24) is 4.90 Å². The number of aryl methyl sites for hydroxylation is 1. The van der Waals surface area contributed by atoms with Crippen LogP contribution in [0.1, 0.15) is 18.1 Å². The lowest BCUT2D eigenvalue weighted by Gasteiger charge is -2.23. The van der Waals surface area contributed by atoms with Crippen molar-refractivity contribution in [1.29, 1.82) is 0 Å². The van der Waals surface area contributed by atoms with Crippen molar-refractivity contribution < 1.29 is 35.5 Å². The molecular formula is C20H21ClF5N3O3S. The molecule has 2 aromatic rings. The normalized spacial score (nSPS) is 12.9. The molecule has 1 atom stereocenters. The molecule has 0 radical (unpaired) electrons. The summed E-state index contributed by atoms with van der Waals surface area (Å²) < 4.78 is 91.6. The van der Waals surface area contributed by atoms with E-state index in [0.717, 1.165) is 22.5 Å². The van der Waals surface area contributed by atoms with Gasteiger partial charge in [-0.2, -0.15) is 17.6 Å². The van der Waals surface area contributed by atoms with E-state index >= 15 is 0 Å². The van der Waals surface area contributed by atoms with Gasteiger partial charge < -0.3 is 9.64 Å². The molecule has 13 heteroatoms. The minimum atomic E-state index is -4.91. The summed E-state index contributed by atoms with van der Waals surface area (Å²) in [6.45, 7) is 3.90. The van der Waals surface area contributed by atoms with E-state index in [1.165, 1.54) is 6.07 Å². The molecule has 6 nitrogen and oxygen atoms in total. The van der Waals surface area contributed by atoms with E-state index in [9.17, 15) is 30.7 Å². The number of halogens is 6. The van der Waals surface area contributed by atoms with E-state index < -0.39 is 35.4 Å². The Morgan fingerprint density at radius 3 is 2.55 bits per heavy atom. The number of benzene rings is 2. The molecule has 0 saturated carbocycles. The number of hydrogen-bond donors (Lipinski definition) is 1. The maximum atomic E-state index is 13.8. The molecule has 0 aliphatic rings. The zero-order chi connectivity index (χ0) is 24.9. The zero-order valence-corrected chi connectivity index (χ0v) is 19.3. The number of nitrogens with zero attached hydrogens (tertiary/aromatic N) is 3. The highest BCUT2D eigenvalue weighted by Gasteiger charge is 2.44. The molecule has 1 unspecified atom stereocenters. The lowest BCUT2D eigenvalue weighted by atomic mass is 10.1. The molecule has 0 aromatic heterocycles. The van der Waals surface area contributed by atoms with Crippen LogP contribution in [-0.2, 0) is 17.8 Å². The molecule has 0 spiro atoms. The van der Waals surface area contributed by atoms with Gasteiger partial charge in [0.1, 0.15) is 0 Å². The van der Waals surface area contributed by atoms with Crippen LogP contribution in [0.15, 0.2) is 35.3 Å². The Hall–Kier alpha value is -2.44. The Balaban J connectivity index is 2.37. The Labute approximate surface area is 195 Å². The summed E-state index contributed by atoms with van der Waals surface area (Å²) in [7, 11) is 1.81. The second-order valence-electron chi connectivity index (χ2n) is 6.90. The number of anilines is 1. The Bertz CT molecular complexity index is 1040. The number of ether oxygens (including phenoxy) is 1. The van der Waals surface area contributed by atoms with Crippen LogP contribution in [0.2, 0.25) is 5.02 Å². The maximum Gasteiger partial charge on any atom is 0.461 e. The first-order valence-corrected chi connectivity index (χ1v) is 10.9. The Morgan fingerprint density at radius 1 is 1.30 bits per heavy atom. The fourth-order valence-corrected chi connectivity index (χ4v) is 3.40. The summed E-state index contributed by atoms with van der Waals surface area (Å²) in [6.07, 6.45) is -7.52. The summed E-state index contributed by atoms with van der Waals surface area (Å²) >= 11 is 3.66. The van der Waals surface area contributed by atoms with E-state index in [4.69, 9.17) is 11.6 Å². The van der Waals surface area contributed by atoms with E-state index in [1.54, 1.807) is 24.2 Å². The lowest BCUT2D eigenvalue weighted by molar-refractivity contribution is -0.254. The van der Waals surface area contributed by atoms with Gasteiger partial charge in [-0.1, -0.05) is 17.7 Å². The average Bonchev–Trinajstić information content (AvgIpc) is 2.73. The van der Waals surface area contributed by atoms with Gasteiger partial charge in [0.25, 0.3) is 11.3 Å². The van der Waals surface area contributed by atoms with Gasteiger partial charge in [0.2, 0.25) is 0 Å². The summed E-state index contributed by atoms with van der Waals surface area (Å²) in [5.74, 6) is -2.42. The minimum Gasteiger partial charge on any atom is -0.425 e. The van der Waals surface area contributed by atoms with Crippen LogP contribution in [0.3, 0.4) is 0 Å². The molecule has 0 aliphatic carbocycles. The molecule has 0 amide bonds. The van der Waals surface area contributed by atoms with E-state index in [-0.39, 0.29) is 22.8 Å². The third kappa shape index (κ3) is 7.02. The molecule has 0 bridgehead atoms. The predicted molar refractivity (Wildman–Crippen MR) is 118 cm³/mol. The SMILES string of the molecule is CCN(C)C=Nc1cc(C)c(N(Cc2ccc(F)c(OC(F)(F)C(F)F)c2)S(=O)O)cc1Cl. The molecular weight excluding hydrogens is 493 g/mol. The molecule has 0 aliphatic heterocycles. The maximum absolute atomic E-state index is 13.8. The molecule has 0 fully saturated rings. The zero-order valence-electron chi connectivity index (χ0n) is 17.7. The lowest BCUT2D eigenvalue weighted by Crippen LogP contribution is -2.33. The van der Waals surface area contributed by atoms with Gasteiger partial charge in [-0.05, 0) is 49.2 Å². The quantitative estimate of drug-likeness (QED) is 0.189. The van der Waals surface area contributed by atoms with Gasteiger partial charge in [-0.25, -0.2) is 13.6 Å². The van der Waals surface area contributed by atoms with Gasteiger partial charge in [-0.15, -0.1) is 0 Å². The van der Waals surface area contributed by atoms with E-state index in [1.807, 2.05) is 14.0 Å². The molecule has 182 valence electrons. The van der Waals surface area contributed by atoms with Gasteiger partial charge in [-0.3, -0.25) is 8.86 Å². The van der Waals surface area contributed by atoms with Crippen molar-refractivity contribution in [2.45, 2.75) is 32.9 Å². The fraction of sp³-hybridized carbons (Fsp3) is 0.350. The number of rotatable bonds is 10. The first-order valence-electron chi connectivity index (χ1n) is 9.42. The summed E-state index contributed by atoms with van der Waals surface area (Å²) in [6, 6.07) is 5.60. The third-order valence-corrected chi connectivity index (χ3v) is 5.44. The highest BCUT2D eigenvalue weighted by Crippen LogP contribution is 2.35. The largest absolute Gasteiger partial charge is 0.461 e. The Morgan fingerprint density at radius 2 is 1.97 bits per heavy atom. The standard InChI is InChI=1S/C20H21ClF5N3O3S/c1-4-28(3)11-27-16-7-12(2)17(9-14(16)21)29(33(30)31)10-13-5-6-15(22)18(8-13)32-20(25,26)19(23)24/h5-9,11,19H,4,10H2,1-3H3,(H,30,31). The van der Waals surface area contributed by atoms with Crippen molar-refractivity contribution >= 4 is 40.6 Å². The van der Waals surface area contributed by atoms with Crippen LogP contribution in [0.5, 0.6) is 5.75 Å². The molecule has 2 aromatic carbocycles. The Kier molecular flexibility index (Phi) is 9.04. The van der Waals surface area contributed by atoms with Crippen LogP contribution < -0.4 is 9.04 Å². The van der Waals surface area contributed by atoms with Gasteiger partial charge >= 0.3 is 12.5 Å². The highest BCUT2D eigenvalue weighted by molar-refractivity contribution is 7.80. The van der Waals surface area contributed by atoms with Crippen molar-refractivity contribution in [3.8, 4) is 5.75 Å². The minimum absolute atomic E-state index is 0.0426. The smallest absolute Gasteiger partial charge is 0.425 e. The molecule has 1 N–H and O–H groups in total.